The monoisotopic (exact) mass is 325 g/mol. The van der Waals surface area contributed by atoms with Gasteiger partial charge in [-0.25, -0.2) is 0 Å². The number of hydrogen-bond acceptors (Lipinski definition) is 2. The Morgan fingerprint density at radius 1 is 1.09 bits per heavy atom. The molecule has 0 bridgehead atoms. The molecule has 4 aliphatic rings. The van der Waals surface area contributed by atoms with Crippen molar-refractivity contribution in [1.82, 2.24) is 0 Å². The molecule has 2 nitrogen and oxygen atoms in total. The van der Waals surface area contributed by atoms with E-state index in [1.165, 1.54) is 38.5 Å². The highest BCUT2D eigenvalue weighted by Gasteiger charge is 2.57. The van der Waals surface area contributed by atoms with Crippen LogP contribution in [0.4, 0.5) is 0 Å². The molecule has 0 saturated heterocycles. The lowest BCUT2D eigenvalue weighted by Crippen LogP contribution is -2.52. The van der Waals surface area contributed by atoms with Gasteiger partial charge >= 0.3 is 0 Å². The Morgan fingerprint density at radius 2 is 1.86 bits per heavy atom. The van der Waals surface area contributed by atoms with Gasteiger partial charge in [-0.2, -0.15) is 0 Å². The van der Waals surface area contributed by atoms with E-state index in [0.29, 0.717) is 16.9 Å². The number of allylic oxidation sites excluding steroid dienone is 1. The van der Waals surface area contributed by atoms with E-state index in [-0.39, 0.29) is 18.5 Å². The zero-order valence-corrected chi connectivity index (χ0v) is 14.9. The summed E-state index contributed by atoms with van der Waals surface area (Å²) < 4.78 is 0. The molecule has 0 aromatic rings. The fraction of sp³-hybridized carbons (Fsp3) is 0.895. The molecule has 2 unspecified atom stereocenters. The lowest BCUT2D eigenvalue weighted by molar-refractivity contribution is -0.0401. The van der Waals surface area contributed by atoms with Gasteiger partial charge in [0.2, 0.25) is 0 Å². The Hall–Kier alpha value is -0.0500. The minimum Gasteiger partial charge on any atom is -0.393 e. The summed E-state index contributed by atoms with van der Waals surface area (Å²) >= 11 is 0. The van der Waals surface area contributed by atoms with E-state index in [2.05, 4.69) is 19.9 Å². The minimum absolute atomic E-state index is 0. The predicted octanol–water partition coefficient (Wildman–Crippen LogP) is 4.06. The third kappa shape index (κ3) is 2.13. The summed E-state index contributed by atoms with van der Waals surface area (Å²) in [7, 11) is 0. The Kier molecular flexibility index (Phi) is 4.20. The Balaban J connectivity index is 0.00000144. The molecule has 3 fully saturated rings. The highest BCUT2D eigenvalue weighted by atomic mass is 35.5. The van der Waals surface area contributed by atoms with Crippen LogP contribution in [0.3, 0.4) is 0 Å². The maximum atomic E-state index is 10.0. The SMILES string of the molecule is C[C@]12CCC(O)CC1=CC[C@@H]1[C@@H]2CC[C@]2(C)C(N)CC[C@@H]12.Cl. The second-order valence-electron chi connectivity index (χ2n) is 8.88. The van der Waals surface area contributed by atoms with Crippen molar-refractivity contribution in [3.8, 4) is 0 Å². The van der Waals surface area contributed by atoms with Crippen LogP contribution >= 0.6 is 12.4 Å². The molecule has 22 heavy (non-hydrogen) atoms. The Labute approximate surface area is 141 Å². The first-order valence-electron chi connectivity index (χ1n) is 9.08. The van der Waals surface area contributed by atoms with E-state index in [1.54, 1.807) is 5.57 Å². The number of aliphatic hydroxyl groups excluding tert-OH is 1. The Morgan fingerprint density at radius 3 is 2.64 bits per heavy atom. The first kappa shape index (κ1) is 16.8. The third-order valence-electron chi connectivity index (χ3n) is 8.15. The topological polar surface area (TPSA) is 46.2 Å². The molecule has 0 radical (unpaired) electrons. The van der Waals surface area contributed by atoms with Crippen LogP contribution in [0.2, 0.25) is 0 Å². The first-order chi connectivity index (χ1) is 9.95. The molecule has 3 saturated carbocycles. The van der Waals surface area contributed by atoms with Crippen molar-refractivity contribution in [3.05, 3.63) is 11.6 Å². The van der Waals surface area contributed by atoms with Gasteiger partial charge in [0.15, 0.2) is 0 Å². The van der Waals surface area contributed by atoms with Crippen molar-refractivity contribution in [2.45, 2.75) is 77.4 Å². The van der Waals surface area contributed by atoms with Crippen molar-refractivity contribution in [3.63, 3.8) is 0 Å². The molecule has 3 heteroatoms. The molecule has 126 valence electrons. The van der Waals surface area contributed by atoms with E-state index in [4.69, 9.17) is 5.73 Å². The summed E-state index contributed by atoms with van der Waals surface area (Å²) in [5, 5.41) is 10.0. The highest BCUT2D eigenvalue weighted by Crippen LogP contribution is 2.64. The first-order valence-corrected chi connectivity index (χ1v) is 9.08. The van der Waals surface area contributed by atoms with Crippen LogP contribution in [-0.2, 0) is 0 Å². The lowest BCUT2D eigenvalue weighted by Gasteiger charge is -2.57. The number of rotatable bonds is 0. The van der Waals surface area contributed by atoms with Crippen molar-refractivity contribution in [2.24, 2.45) is 34.3 Å². The molecule has 4 aliphatic carbocycles. The van der Waals surface area contributed by atoms with Crippen molar-refractivity contribution >= 4 is 12.4 Å². The minimum atomic E-state index is -0.0883. The zero-order valence-electron chi connectivity index (χ0n) is 14.1. The largest absolute Gasteiger partial charge is 0.393 e. The van der Waals surface area contributed by atoms with Gasteiger partial charge in [-0.1, -0.05) is 25.5 Å². The van der Waals surface area contributed by atoms with Crippen LogP contribution in [0.5, 0.6) is 0 Å². The average molecular weight is 326 g/mol. The van der Waals surface area contributed by atoms with Gasteiger partial charge in [0.1, 0.15) is 0 Å². The van der Waals surface area contributed by atoms with Crippen molar-refractivity contribution in [2.75, 3.05) is 0 Å². The van der Waals surface area contributed by atoms with Gasteiger partial charge in [0.05, 0.1) is 6.10 Å². The smallest absolute Gasteiger partial charge is 0.0577 e. The molecule has 0 amide bonds. The van der Waals surface area contributed by atoms with Gasteiger partial charge in [0.25, 0.3) is 0 Å². The molecule has 4 rings (SSSR count). The molecule has 0 aromatic heterocycles. The molecule has 3 N–H and O–H groups in total. The molecular weight excluding hydrogens is 294 g/mol. The summed E-state index contributed by atoms with van der Waals surface area (Å²) in [6, 6.07) is 0.426. The van der Waals surface area contributed by atoms with Gasteiger partial charge < -0.3 is 10.8 Å². The summed E-state index contributed by atoms with van der Waals surface area (Å²) in [4.78, 5) is 0. The number of aliphatic hydroxyl groups is 1. The van der Waals surface area contributed by atoms with Gasteiger partial charge in [-0.05, 0) is 80.0 Å². The summed E-state index contributed by atoms with van der Waals surface area (Å²) in [6.45, 7) is 4.97. The van der Waals surface area contributed by atoms with Crippen molar-refractivity contribution < 1.29 is 5.11 Å². The van der Waals surface area contributed by atoms with Gasteiger partial charge in [0, 0.05) is 6.04 Å². The fourth-order valence-electron chi connectivity index (χ4n) is 6.68. The number of halogens is 1. The van der Waals surface area contributed by atoms with Crippen LogP contribution in [0, 0.1) is 28.6 Å². The van der Waals surface area contributed by atoms with Crippen LogP contribution in [0.1, 0.15) is 65.2 Å². The quantitative estimate of drug-likeness (QED) is 0.660. The lowest BCUT2D eigenvalue weighted by atomic mass is 9.48. The molecule has 0 heterocycles. The molecule has 0 spiro atoms. The summed E-state index contributed by atoms with van der Waals surface area (Å²) in [6.07, 6.45) is 12.1. The van der Waals surface area contributed by atoms with Crippen LogP contribution in [0.15, 0.2) is 11.6 Å². The summed E-state index contributed by atoms with van der Waals surface area (Å²) in [5.41, 5.74) is 8.83. The normalized spacial score (nSPS) is 53.6. The molecular formula is C19H32ClNO. The maximum Gasteiger partial charge on any atom is 0.0577 e. The van der Waals surface area contributed by atoms with E-state index in [1.807, 2.05) is 0 Å². The Bertz CT molecular complexity index is 478. The van der Waals surface area contributed by atoms with Crippen LogP contribution in [-0.4, -0.2) is 17.3 Å². The average Bonchev–Trinajstić information content (AvgIpc) is 2.76. The van der Waals surface area contributed by atoms with Gasteiger partial charge in [-0.3, -0.25) is 0 Å². The fourth-order valence-corrected chi connectivity index (χ4v) is 6.68. The number of nitrogens with two attached hydrogens (primary N) is 1. The molecule has 7 atom stereocenters. The third-order valence-corrected chi connectivity index (χ3v) is 8.15. The van der Waals surface area contributed by atoms with Crippen LogP contribution in [0.25, 0.3) is 0 Å². The maximum absolute atomic E-state index is 10.0. The molecule has 0 aromatic carbocycles. The standard InChI is InChI=1S/C19H31NO.ClH/c1-18-9-7-13(21)11-12(18)3-4-14-15-5-6-17(20)19(15,2)10-8-16(14)18;/h3,13-17,21H,4-11,20H2,1-2H3;1H/t13?,14-,15-,16-,17?,18-,19-;/m0./s1. The van der Waals surface area contributed by atoms with E-state index in [9.17, 15) is 5.11 Å². The van der Waals surface area contributed by atoms with E-state index < -0.39 is 0 Å². The van der Waals surface area contributed by atoms with Crippen LogP contribution < -0.4 is 5.73 Å². The second-order valence-corrected chi connectivity index (χ2v) is 8.88. The number of hydrogen-bond donors (Lipinski definition) is 2. The number of fused-ring (bicyclic) bond motifs is 5. The van der Waals surface area contributed by atoms with Crippen molar-refractivity contribution in [1.29, 1.82) is 0 Å². The summed E-state index contributed by atoms with van der Waals surface area (Å²) in [5.74, 6) is 2.53. The zero-order chi connectivity index (χ0) is 14.8. The predicted molar refractivity (Wildman–Crippen MR) is 92.9 cm³/mol. The van der Waals surface area contributed by atoms with Gasteiger partial charge in [-0.15, -0.1) is 12.4 Å². The molecule has 0 aliphatic heterocycles. The second kappa shape index (κ2) is 5.50. The van der Waals surface area contributed by atoms with E-state index >= 15 is 0 Å². The van der Waals surface area contributed by atoms with E-state index in [0.717, 1.165) is 30.6 Å². The highest BCUT2D eigenvalue weighted by molar-refractivity contribution is 5.85.